The number of carbonyl (C=O) groups excluding carboxylic acids is 2. The van der Waals surface area contributed by atoms with Crippen LogP contribution in [0.25, 0.3) is 0 Å². The molecule has 0 aliphatic carbocycles. The summed E-state index contributed by atoms with van der Waals surface area (Å²) in [5.74, 6) is 0.0537. The number of amides is 1. The van der Waals surface area contributed by atoms with Crippen molar-refractivity contribution in [2.24, 2.45) is 0 Å². The Bertz CT molecular complexity index is 726. The minimum Gasteiger partial charge on any atom is -0.497 e. The van der Waals surface area contributed by atoms with Crippen molar-refractivity contribution in [2.45, 2.75) is 6.54 Å². The molecule has 1 aromatic carbocycles. The molecular weight excluding hydrogens is 340 g/mol. The van der Waals surface area contributed by atoms with Crippen LogP contribution < -0.4 is 9.64 Å². The predicted octanol–water partition coefficient (Wildman–Crippen LogP) is -0.426. The lowest BCUT2D eigenvalue weighted by Gasteiger charge is -2.36. The molecule has 2 heterocycles. The van der Waals surface area contributed by atoms with Gasteiger partial charge in [-0.2, -0.15) is 0 Å². The Morgan fingerprint density at radius 2 is 1.85 bits per heavy atom. The number of aromatic nitrogens is 4. The third-order valence-electron chi connectivity index (χ3n) is 4.11. The van der Waals surface area contributed by atoms with Gasteiger partial charge in [-0.3, -0.25) is 9.59 Å². The van der Waals surface area contributed by atoms with E-state index in [1.54, 1.807) is 12.0 Å². The minimum absolute atomic E-state index is 0.120. The zero-order valence-electron chi connectivity index (χ0n) is 14.4. The Morgan fingerprint density at radius 1 is 1.12 bits per heavy atom. The summed E-state index contributed by atoms with van der Waals surface area (Å²) in [6.45, 7) is 2.20. The Labute approximate surface area is 150 Å². The largest absolute Gasteiger partial charge is 0.497 e. The first-order chi connectivity index (χ1) is 12.7. The van der Waals surface area contributed by atoms with E-state index in [0.29, 0.717) is 13.1 Å². The average Bonchev–Trinajstić information content (AvgIpc) is 3.19. The lowest BCUT2D eigenvalue weighted by Crippen LogP contribution is -2.50. The summed E-state index contributed by atoms with van der Waals surface area (Å²) < 4.78 is 11.4. The van der Waals surface area contributed by atoms with Gasteiger partial charge in [0.2, 0.25) is 0 Å². The smallest absolute Gasteiger partial charge is 0.328 e. The molecule has 10 nitrogen and oxygen atoms in total. The molecule has 0 unspecified atom stereocenters. The van der Waals surface area contributed by atoms with E-state index in [1.165, 1.54) is 11.0 Å². The maximum atomic E-state index is 12.2. The summed E-state index contributed by atoms with van der Waals surface area (Å²) in [7, 11) is 1.63. The van der Waals surface area contributed by atoms with Crippen LogP contribution in [0, 0.1) is 0 Å². The number of tetrazole rings is 1. The summed E-state index contributed by atoms with van der Waals surface area (Å²) in [6, 6.07) is 7.82. The molecule has 1 amide bonds. The van der Waals surface area contributed by atoms with Gasteiger partial charge in [-0.25, -0.2) is 4.68 Å². The first-order valence-corrected chi connectivity index (χ1v) is 8.19. The number of rotatable bonds is 6. The Balaban J connectivity index is 1.42. The zero-order valence-corrected chi connectivity index (χ0v) is 14.4. The fourth-order valence-electron chi connectivity index (χ4n) is 2.67. The number of ether oxygens (including phenoxy) is 2. The number of hydrogen-bond donors (Lipinski definition) is 0. The molecule has 0 spiro atoms. The van der Waals surface area contributed by atoms with Crippen molar-refractivity contribution in [3.63, 3.8) is 0 Å². The molecule has 0 bridgehead atoms. The van der Waals surface area contributed by atoms with Crippen LogP contribution in [0.4, 0.5) is 5.69 Å². The summed E-state index contributed by atoms with van der Waals surface area (Å²) in [6.07, 6.45) is 1.31. The van der Waals surface area contributed by atoms with Crippen LogP contribution >= 0.6 is 0 Å². The standard InChI is InChI=1S/C16H20N6O4/c1-25-14-4-2-13(3-5-14)20-6-8-21(9-7-20)15(23)11-26-16(24)10-22-12-17-18-19-22/h2-5,12H,6-11H2,1H3. The lowest BCUT2D eigenvalue weighted by atomic mass is 10.2. The van der Waals surface area contributed by atoms with E-state index in [1.807, 2.05) is 24.3 Å². The predicted molar refractivity (Wildman–Crippen MR) is 90.6 cm³/mol. The zero-order chi connectivity index (χ0) is 18.4. The molecule has 1 saturated heterocycles. The number of piperazine rings is 1. The van der Waals surface area contributed by atoms with E-state index in [0.717, 1.165) is 24.5 Å². The van der Waals surface area contributed by atoms with Gasteiger partial charge in [-0.05, 0) is 34.7 Å². The van der Waals surface area contributed by atoms with Crippen molar-refractivity contribution in [2.75, 3.05) is 44.8 Å². The van der Waals surface area contributed by atoms with Gasteiger partial charge >= 0.3 is 5.97 Å². The second-order valence-corrected chi connectivity index (χ2v) is 5.73. The molecule has 3 rings (SSSR count). The van der Waals surface area contributed by atoms with Crippen LogP contribution in [0.2, 0.25) is 0 Å². The number of methoxy groups -OCH3 is 1. The van der Waals surface area contributed by atoms with Crippen molar-refractivity contribution in [3.8, 4) is 5.75 Å². The highest BCUT2D eigenvalue weighted by atomic mass is 16.5. The molecule has 26 heavy (non-hydrogen) atoms. The number of nitrogens with zero attached hydrogens (tertiary/aromatic N) is 6. The maximum Gasteiger partial charge on any atom is 0.328 e. The molecule has 10 heteroatoms. The number of benzene rings is 1. The van der Waals surface area contributed by atoms with E-state index < -0.39 is 5.97 Å². The highest BCUT2D eigenvalue weighted by molar-refractivity contribution is 5.80. The normalized spacial score (nSPS) is 14.2. The summed E-state index contributed by atoms with van der Waals surface area (Å²) in [5, 5.41) is 10.4. The SMILES string of the molecule is COc1ccc(N2CCN(C(=O)COC(=O)Cn3cnnn3)CC2)cc1. The van der Waals surface area contributed by atoms with Crippen LogP contribution in [0.5, 0.6) is 5.75 Å². The number of esters is 1. The van der Waals surface area contributed by atoms with Crippen molar-refractivity contribution in [1.82, 2.24) is 25.1 Å². The van der Waals surface area contributed by atoms with E-state index in [-0.39, 0.29) is 19.1 Å². The Morgan fingerprint density at radius 3 is 2.46 bits per heavy atom. The highest BCUT2D eigenvalue weighted by Gasteiger charge is 2.22. The molecule has 2 aromatic rings. The third kappa shape index (κ3) is 4.47. The number of anilines is 1. The van der Waals surface area contributed by atoms with Gasteiger partial charge in [0.05, 0.1) is 7.11 Å². The van der Waals surface area contributed by atoms with Gasteiger partial charge in [0.15, 0.2) is 6.61 Å². The van der Waals surface area contributed by atoms with Gasteiger partial charge in [-0.15, -0.1) is 5.10 Å². The summed E-state index contributed by atoms with van der Waals surface area (Å²) in [5.41, 5.74) is 1.09. The molecular formula is C16H20N6O4. The van der Waals surface area contributed by atoms with Crippen molar-refractivity contribution >= 4 is 17.6 Å². The van der Waals surface area contributed by atoms with Gasteiger partial charge in [0.25, 0.3) is 5.91 Å². The summed E-state index contributed by atoms with van der Waals surface area (Å²) in [4.78, 5) is 27.8. The monoisotopic (exact) mass is 360 g/mol. The lowest BCUT2D eigenvalue weighted by molar-refractivity contribution is -0.152. The Hall–Kier alpha value is -3.17. The average molecular weight is 360 g/mol. The molecule has 1 aliphatic rings. The third-order valence-corrected chi connectivity index (χ3v) is 4.11. The van der Waals surface area contributed by atoms with Crippen molar-refractivity contribution in [1.29, 1.82) is 0 Å². The number of hydrogen-bond acceptors (Lipinski definition) is 8. The van der Waals surface area contributed by atoms with E-state index in [4.69, 9.17) is 9.47 Å². The molecule has 1 aliphatic heterocycles. The quantitative estimate of drug-likeness (QED) is 0.640. The minimum atomic E-state index is -0.553. The van der Waals surface area contributed by atoms with E-state index in [2.05, 4.69) is 20.4 Å². The molecule has 1 aromatic heterocycles. The van der Waals surface area contributed by atoms with Crippen LogP contribution in [-0.2, 0) is 20.9 Å². The first kappa shape index (κ1) is 17.6. The molecule has 0 radical (unpaired) electrons. The van der Waals surface area contributed by atoms with Crippen LogP contribution in [0.1, 0.15) is 0 Å². The van der Waals surface area contributed by atoms with Gasteiger partial charge in [0.1, 0.15) is 18.6 Å². The highest BCUT2D eigenvalue weighted by Crippen LogP contribution is 2.20. The molecule has 138 valence electrons. The fraction of sp³-hybridized carbons (Fsp3) is 0.438. The van der Waals surface area contributed by atoms with Gasteiger partial charge < -0.3 is 19.3 Å². The maximum absolute atomic E-state index is 12.2. The van der Waals surface area contributed by atoms with Gasteiger partial charge in [-0.1, -0.05) is 0 Å². The first-order valence-electron chi connectivity index (χ1n) is 8.19. The molecule has 1 fully saturated rings. The van der Waals surface area contributed by atoms with Gasteiger partial charge in [0, 0.05) is 31.9 Å². The van der Waals surface area contributed by atoms with Crippen molar-refractivity contribution < 1.29 is 19.1 Å². The van der Waals surface area contributed by atoms with E-state index >= 15 is 0 Å². The summed E-state index contributed by atoms with van der Waals surface area (Å²) >= 11 is 0. The second-order valence-electron chi connectivity index (χ2n) is 5.73. The molecule has 0 N–H and O–H groups in total. The topological polar surface area (TPSA) is 103 Å². The molecule has 0 saturated carbocycles. The van der Waals surface area contributed by atoms with E-state index in [9.17, 15) is 9.59 Å². The van der Waals surface area contributed by atoms with Crippen LogP contribution in [-0.4, -0.2) is 76.9 Å². The number of carbonyl (C=O) groups is 2. The van der Waals surface area contributed by atoms with Crippen molar-refractivity contribution in [3.05, 3.63) is 30.6 Å². The Kier molecular flexibility index (Phi) is 5.62. The van der Waals surface area contributed by atoms with Crippen LogP contribution in [0.3, 0.4) is 0 Å². The molecule has 0 atom stereocenters. The van der Waals surface area contributed by atoms with Crippen LogP contribution in [0.15, 0.2) is 30.6 Å². The fourth-order valence-corrected chi connectivity index (χ4v) is 2.67. The second kappa shape index (κ2) is 8.28.